The summed E-state index contributed by atoms with van der Waals surface area (Å²) < 4.78 is 25.8. The first-order valence-corrected chi connectivity index (χ1v) is 8.51. The highest BCUT2D eigenvalue weighted by Gasteiger charge is 2.40. The number of ketones is 1. The molecule has 5 heteroatoms. The summed E-state index contributed by atoms with van der Waals surface area (Å²) in [6.45, 7) is 0. The van der Waals surface area contributed by atoms with E-state index in [1.807, 2.05) is 0 Å². The molecule has 3 rings (SSSR count). The van der Waals surface area contributed by atoms with E-state index in [0.29, 0.717) is 18.4 Å². The molecule has 3 nitrogen and oxygen atoms in total. The van der Waals surface area contributed by atoms with Gasteiger partial charge in [-0.2, -0.15) is 5.26 Å². The number of rotatable bonds is 2. The summed E-state index contributed by atoms with van der Waals surface area (Å²) in [5.41, 5.74) is 0.274. The monoisotopic (exact) mass is 305 g/mol. The number of fused-ring (bicyclic) bond motifs is 2. The molecular formula is C16H16FNO2S. The highest BCUT2D eigenvalue weighted by molar-refractivity contribution is 7.86. The largest absolute Gasteiger partial charge is 0.294 e. The SMILES string of the molecule is N#Cc1ccc(C(=O)C2CC3CCCC(C2)S3=O)cc1F. The molecule has 0 aromatic heterocycles. The molecule has 110 valence electrons. The number of carbonyl (C=O) groups is 1. The molecule has 2 aliphatic heterocycles. The molecule has 0 amide bonds. The van der Waals surface area contributed by atoms with Crippen LogP contribution in [-0.4, -0.2) is 20.5 Å². The standard InChI is InChI=1S/C16H16FNO2S/c17-15-8-10(4-5-11(15)9-18)16(19)12-6-13-2-1-3-14(7-12)21(13)20/h4-5,8,12-14H,1-3,6-7H2. The Morgan fingerprint density at radius 2 is 1.95 bits per heavy atom. The van der Waals surface area contributed by atoms with Gasteiger partial charge < -0.3 is 0 Å². The first-order chi connectivity index (χ1) is 10.1. The zero-order valence-electron chi connectivity index (χ0n) is 11.5. The Hall–Kier alpha value is -1.54. The Labute approximate surface area is 125 Å². The van der Waals surface area contributed by atoms with Crippen LogP contribution in [0.1, 0.15) is 48.0 Å². The lowest BCUT2D eigenvalue weighted by molar-refractivity contribution is 0.0895. The Morgan fingerprint density at radius 3 is 2.52 bits per heavy atom. The Bertz CT molecular complexity index is 636. The van der Waals surface area contributed by atoms with Crippen LogP contribution in [-0.2, 0) is 10.8 Å². The second-order valence-corrected chi connectivity index (χ2v) is 7.83. The van der Waals surface area contributed by atoms with Crippen LogP contribution in [0.2, 0.25) is 0 Å². The van der Waals surface area contributed by atoms with Gasteiger partial charge in [0.25, 0.3) is 0 Å². The molecule has 1 aromatic carbocycles. The van der Waals surface area contributed by atoms with E-state index in [9.17, 15) is 13.4 Å². The van der Waals surface area contributed by atoms with E-state index in [0.717, 1.165) is 25.3 Å². The first-order valence-electron chi connectivity index (χ1n) is 7.23. The molecule has 21 heavy (non-hydrogen) atoms. The number of hydrogen-bond donors (Lipinski definition) is 0. The summed E-state index contributed by atoms with van der Waals surface area (Å²) in [7, 11) is -0.808. The number of hydrogen-bond acceptors (Lipinski definition) is 3. The molecule has 2 aliphatic rings. The van der Waals surface area contributed by atoms with Crippen molar-refractivity contribution in [3.05, 3.63) is 35.1 Å². The van der Waals surface area contributed by atoms with Crippen LogP contribution in [0.15, 0.2) is 18.2 Å². The van der Waals surface area contributed by atoms with E-state index < -0.39 is 16.6 Å². The van der Waals surface area contributed by atoms with Crippen molar-refractivity contribution in [2.45, 2.75) is 42.6 Å². The second kappa shape index (κ2) is 5.69. The van der Waals surface area contributed by atoms with E-state index in [2.05, 4.69) is 0 Å². The van der Waals surface area contributed by atoms with Gasteiger partial charge in [-0.25, -0.2) is 4.39 Å². The van der Waals surface area contributed by atoms with Gasteiger partial charge in [0, 0.05) is 32.8 Å². The zero-order chi connectivity index (χ0) is 15.0. The van der Waals surface area contributed by atoms with Crippen molar-refractivity contribution in [1.29, 1.82) is 5.26 Å². The fourth-order valence-electron chi connectivity index (χ4n) is 3.44. The van der Waals surface area contributed by atoms with Crippen LogP contribution in [0.4, 0.5) is 4.39 Å². The fraction of sp³-hybridized carbons (Fsp3) is 0.500. The normalized spacial score (nSPS) is 31.4. The van der Waals surface area contributed by atoms with E-state index in [4.69, 9.17) is 5.26 Å². The predicted octanol–water partition coefficient (Wildman–Crippen LogP) is 2.96. The Balaban J connectivity index is 1.81. The maximum atomic E-state index is 13.6. The molecule has 2 atom stereocenters. The quantitative estimate of drug-likeness (QED) is 0.789. The van der Waals surface area contributed by atoms with E-state index in [1.54, 1.807) is 6.07 Å². The summed E-state index contributed by atoms with van der Waals surface area (Å²) in [5, 5.41) is 8.97. The molecule has 0 radical (unpaired) electrons. The van der Waals surface area contributed by atoms with Gasteiger partial charge >= 0.3 is 0 Å². The number of nitrogens with zero attached hydrogens (tertiary/aromatic N) is 1. The van der Waals surface area contributed by atoms with Crippen LogP contribution in [0.25, 0.3) is 0 Å². The fourth-order valence-corrected chi connectivity index (χ4v) is 5.63. The number of Topliss-reactive ketones (excluding diaryl/α,β-unsaturated/α-hetero) is 1. The van der Waals surface area contributed by atoms with Gasteiger partial charge in [0.05, 0.1) is 5.56 Å². The lowest BCUT2D eigenvalue weighted by atomic mass is 9.84. The van der Waals surface area contributed by atoms with Gasteiger partial charge in [0.1, 0.15) is 11.9 Å². The van der Waals surface area contributed by atoms with Crippen LogP contribution >= 0.6 is 0 Å². The van der Waals surface area contributed by atoms with Crippen molar-refractivity contribution >= 4 is 16.6 Å². The van der Waals surface area contributed by atoms with Crippen LogP contribution < -0.4 is 0 Å². The van der Waals surface area contributed by atoms with Gasteiger partial charge in [-0.05, 0) is 43.9 Å². The number of benzene rings is 1. The van der Waals surface area contributed by atoms with E-state index >= 15 is 0 Å². The molecule has 0 N–H and O–H groups in total. The average molecular weight is 305 g/mol. The van der Waals surface area contributed by atoms with Gasteiger partial charge in [0.2, 0.25) is 0 Å². The third-order valence-corrected chi connectivity index (χ3v) is 6.72. The summed E-state index contributed by atoms with van der Waals surface area (Å²) >= 11 is 0. The summed E-state index contributed by atoms with van der Waals surface area (Å²) in [4.78, 5) is 12.5. The van der Waals surface area contributed by atoms with Crippen molar-refractivity contribution < 1.29 is 13.4 Å². The highest BCUT2D eigenvalue weighted by Crippen LogP contribution is 2.38. The number of carbonyl (C=O) groups excluding carboxylic acids is 1. The molecule has 2 bridgehead atoms. The summed E-state index contributed by atoms with van der Waals surface area (Å²) in [6, 6.07) is 5.78. The minimum absolute atomic E-state index is 0.0480. The summed E-state index contributed by atoms with van der Waals surface area (Å²) in [5.74, 6) is -0.889. The lowest BCUT2D eigenvalue weighted by Gasteiger charge is -2.37. The molecule has 0 spiro atoms. The van der Waals surface area contributed by atoms with Crippen LogP contribution in [0, 0.1) is 23.1 Å². The van der Waals surface area contributed by atoms with Gasteiger partial charge in [-0.3, -0.25) is 9.00 Å². The van der Waals surface area contributed by atoms with E-state index in [-0.39, 0.29) is 27.8 Å². The molecular weight excluding hydrogens is 289 g/mol. The van der Waals surface area contributed by atoms with Crippen LogP contribution in [0.5, 0.6) is 0 Å². The lowest BCUT2D eigenvalue weighted by Crippen LogP contribution is -2.41. The van der Waals surface area contributed by atoms with Crippen molar-refractivity contribution in [3.8, 4) is 6.07 Å². The maximum Gasteiger partial charge on any atom is 0.166 e. The molecule has 2 unspecified atom stereocenters. The third kappa shape index (κ3) is 2.65. The van der Waals surface area contributed by atoms with Crippen molar-refractivity contribution in [2.24, 2.45) is 5.92 Å². The second-order valence-electron chi connectivity index (χ2n) is 5.84. The third-order valence-electron chi connectivity index (χ3n) is 4.55. The van der Waals surface area contributed by atoms with Gasteiger partial charge in [-0.1, -0.05) is 6.42 Å². The first kappa shape index (κ1) is 14.4. The van der Waals surface area contributed by atoms with Crippen LogP contribution in [0.3, 0.4) is 0 Å². The zero-order valence-corrected chi connectivity index (χ0v) is 12.4. The summed E-state index contributed by atoms with van der Waals surface area (Å²) in [6.07, 6.45) is 4.23. The molecule has 1 aromatic rings. The van der Waals surface area contributed by atoms with Crippen molar-refractivity contribution in [2.75, 3.05) is 0 Å². The molecule has 0 aliphatic carbocycles. The molecule has 2 heterocycles. The smallest absolute Gasteiger partial charge is 0.166 e. The minimum Gasteiger partial charge on any atom is -0.294 e. The number of halogens is 1. The molecule has 2 fully saturated rings. The maximum absolute atomic E-state index is 13.6. The van der Waals surface area contributed by atoms with Gasteiger partial charge in [-0.15, -0.1) is 0 Å². The van der Waals surface area contributed by atoms with Crippen molar-refractivity contribution in [1.82, 2.24) is 0 Å². The Kier molecular flexibility index (Phi) is 3.90. The highest BCUT2D eigenvalue weighted by atomic mass is 32.2. The van der Waals surface area contributed by atoms with E-state index in [1.165, 1.54) is 12.1 Å². The molecule has 0 saturated carbocycles. The van der Waals surface area contributed by atoms with Crippen molar-refractivity contribution in [3.63, 3.8) is 0 Å². The molecule has 2 saturated heterocycles. The Morgan fingerprint density at radius 1 is 1.29 bits per heavy atom. The average Bonchev–Trinajstić information content (AvgIpc) is 2.46. The minimum atomic E-state index is -0.808. The predicted molar refractivity (Wildman–Crippen MR) is 77.7 cm³/mol. The van der Waals surface area contributed by atoms with Gasteiger partial charge in [0.15, 0.2) is 5.78 Å². The topological polar surface area (TPSA) is 57.9 Å². The number of nitriles is 1.